The quantitative estimate of drug-likeness (QED) is 0.744. The summed E-state index contributed by atoms with van der Waals surface area (Å²) in [5, 5.41) is 11.7. The summed E-state index contributed by atoms with van der Waals surface area (Å²) in [6, 6.07) is -0.640. The largest absolute Gasteiger partial charge is 0.481 e. The van der Waals surface area contributed by atoms with E-state index >= 15 is 0 Å². The molecule has 2 aliphatic rings. The number of hydrogen-bond acceptors (Lipinski definition) is 3. The predicted octanol–water partition coefficient (Wildman–Crippen LogP) is -0.0307. The molecule has 2 fully saturated rings. The lowest BCUT2D eigenvalue weighted by atomic mass is 9.99. The topological polar surface area (TPSA) is 90.0 Å². The van der Waals surface area contributed by atoms with Crippen LogP contribution in [0.5, 0.6) is 0 Å². The molecule has 1 unspecified atom stereocenters. The molecule has 0 aliphatic carbocycles. The molecule has 0 bridgehead atoms. The first-order chi connectivity index (χ1) is 9.45. The van der Waals surface area contributed by atoms with Gasteiger partial charge >= 0.3 is 12.0 Å². The van der Waals surface area contributed by atoms with E-state index in [0.29, 0.717) is 19.5 Å². The zero-order valence-corrected chi connectivity index (χ0v) is 11.8. The second-order valence-electron chi connectivity index (χ2n) is 5.58. The first-order valence-corrected chi connectivity index (χ1v) is 6.95. The number of carbonyl (C=O) groups excluding carboxylic acids is 2. The Hall–Kier alpha value is -1.79. The number of rotatable bonds is 2. The normalized spacial score (nSPS) is 29.6. The summed E-state index contributed by atoms with van der Waals surface area (Å²) >= 11 is 0. The van der Waals surface area contributed by atoms with E-state index in [4.69, 9.17) is 5.11 Å². The van der Waals surface area contributed by atoms with Gasteiger partial charge in [0.25, 0.3) is 0 Å². The van der Waals surface area contributed by atoms with Gasteiger partial charge in [0, 0.05) is 26.7 Å². The molecule has 0 saturated carbocycles. The summed E-state index contributed by atoms with van der Waals surface area (Å²) in [5.41, 5.74) is 0. The number of hydrogen-bond donors (Lipinski definition) is 2. The van der Waals surface area contributed by atoms with Crippen molar-refractivity contribution >= 4 is 17.9 Å². The molecule has 0 aromatic heterocycles. The Morgan fingerprint density at radius 3 is 2.50 bits per heavy atom. The average molecular weight is 283 g/mol. The smallest absolute Gasteiger partial charge is 0.320 e. The van der Waals surface area contributed by atoms with Gasteiger partial charge in [-0.15, -0.1) is 0 Å². The Labute approximate surface area is 117 Å². The molecule has 0 spiro atoms. The third-order valence-corrected chi connectivity index (χ3v) is 4.25. The third-order valence-electron chi connectivity index (χ3n) is 4.25. The van der Waals surface area contributed by atoms with Gasteiger partial charge in [0.05, 0.1) is 5.92 Å². The van der Waals surface area contributed by atoms with Crippen molar-refractivity contribution in [3.05, 3.63) is 0 Å². The van der Waals surface area contributed by atoms with E-state index in [0.717, 1.165) is 6.42 Å². The van der Waals surface area contributed by atoms with E-state index in [-0.39, 0.29) is 24.4 Å². The van der Waals surface area contributed by atoms with Crippen LogP contribution < -0.4 is 5.32 Å². The number of carboxylic acids is 1. The van der Waals surface area contributed by atoms with E-state index in [1.165, 1.54) is 0 Å². The highest BCUT2D eigenvalue weighted by atomic mass is 16.4. The molecule has 2 N–H and O–H groups in total. The molecule has 0 radical (unpaired) electrons. The van der Waals surface area contributed by atoms with E-state index in [1.54, 1.807) is 16.8 Å². The number of nitrogens with one attached hydrogen (secondary N) is 1. The molecule has 7 heteroatoms. The summed E-state index contributed by atoms with van der Waals surface area (Å²) in [7, 11) is 1.56. The number of aliphatic carboxylic acids is 1. The van der Waals surface area contributed by atoms with Gasteiger partial charge in [0.15, 0.2) is 0 Å². The highest BCUT2D eigenvalue weighted by Gasteiger charge is 2.41. The minimum atomic E-state index is -0.864. The van der Waals surface area contributed by atoms with Gasteiger partial charge in [-0.25, -0.2) is 4.79 Å². The number of carboxylic acid groups (broad SMARTS) is 1. The van der Waals surface area contributed by atoms with E-state index in [2.05, 4.69) is 5.32 Å². The number of nitrogens with zero attached hydrogens (tertiary/aromatic N) is 2. The maximum atomic E-state index is 12.5. The van der Waals surface area contributed by atoms with E-state index in [9.17, 15) is 14.4 Å². The first-order valence-electron chi connectivity index (χ1n) is 6.95. The standard InChI is InChI=1S/C13H21N3O4/c1-8-6-15(7-9(8)12(18)19)13(20)16-5-3-4-10(16)11(17)14-2/h8-10H,3-7H2,1-2H3,(H,14,17)(H,18,19)/t8-,9-,10?/m1/s1. The molecule has 112 valence electrons. The summed E-state index contributed by atoms with van der Waals surface area (Å²) in [4.78, 5) is 38.5. The van der Waals surface area contributed by atoms with Crippen LogP contribution in [-0.4, -0.2) is 65.5 Å². The molecule has 20 heavy (non-hydrogen) atoms. The molecule has 3 atom stereocenters. The molecule has 2 heterocycles. The lowest BCUT2D eigenvalue weighted by Gasteiger charge is -2.28. The molecule has 2 rings (SSSR count). The maximum absolute atomic E-state index is 12.5. The summed E-state index contributed by atoms with van der Waals surface area (Å²) in [5.74, 6) is -1.59. The van der Waals surface area contributed by atoms with Crippen molar-refractivity contribution in [1.82, 2.24) is 15.1 Å². The Balaban J connectivity index is 2.05. The molecule has 3 amide bonds. The van der Waals surface area contributed by atoms with Crippen molar-refractivity contribution in [3.63, 3.8) is 0 Å². The number of carbonyl (C=O) groups is 3. The van der Waals surface area contributed by atoms with Crippen LogP contribution in [0, 0.1) is 11.8 Å². The highest BCUT2D eigenvalue weighted by molar-refractivity contribution is 5.88. The summed E-state index contributed by atoms with van der Waals surface area (Å²) < 4.78 is 0. The van der Waals surface area contributed by atoms with Gasteiger partial charge in [0.1, 0.15) is 6.04 Å². The van der Waals surface area contributed by atoms with Crippen LogP contribution in [0.4, 0.5) is 4.79 Å². The number of urea groups is 1. The van der Waals surface area contributed by atoms with Crippen molar-refractivity contribution < 1.29 is 19.5 Å². The fraction of sp³-hybridized carbons (Fsp3) is 0.769. The lowest BCUT2D eigenvalue weighted by Crippen LogP contribution is -2.50. The third kappa shape index (κ3) is 2.57. The fourth-order valence-corrected chi connectivity index (χ4v) is 3.06. The van der Waals surface area contributed by atoms with E-state index in [1.807, 2.05) is 6.92 Å². The molecule has 0 aromatic rings. The lowest BCUT2D eigenvalue weighted by molar-refractivity contribution is -0.142. The molecule has 2 aliphatic heterocycles. The monoisotopic (exact) mass is 283 g/mol. The first kappa shape index (κ1) is 14.6. The predicted molar refractivity (Wildman–Crippen MR) is 71.1 cm³/mol. The fourth-order valence-electron chi connectivity index (χ4n) is 3.06. The Kier molecular flexibility index (Phi) is 4.15. The summed E-state index contributed by atoms with van der Waals surface area (Å²) in [6.07, 6.45) is 1.47. The van der Waals surface area contributed by atoms with Crippen LogP contribution >= 0.6 is 0 Å². The van der Waals surface area contributed by atoms with Crippen LogP contribution in [0.1, 0.15) is 19.8 Å². The van der Waals surface area contributed by atoms with Gasteiger partial charge in [-0.1, -0.05) is 6.92 Å². The van der Waals surface area contributed by atoms with Crippen LogP contribution in [0.2, 0.25) is 0 Å². The Morgan fingerprint density at radius 2 is 1.95 bits per heavy atom. The minimum absolute atomic E-state index is 0.0579. The zero-order chi connectivity index (χ0) is 14.9. The van der Waals surface area contributed by atoms with Crippen LogP contribution in [0.25, 0.3) is 0 Å². The zero-order valence-electron chi connectivity index (χ0n) is 11.8. The summed E-state index contributed by atoms with van der Waals surface area (Å²) in [6.45, 7) is 3.06. The number of likely N-dealkylation sites (tertiary alicyclic amines) is 2. The maximum Gasteiger partial charge on any atom is 0.320 e. The number of likely N-dealkylation sites (N-methyl/N-ethyl adjacent to an activating group) is 1. The van der Waals surface area contributed by atoms with Crippen molar-refractivity contribution in [1.29, 1.82) is 0 Å². The van der Waals surface area contributed by atoms with Crippen molar-refractivity contribution in [3.8, 4) is 0 Å². The van der Waals surface area contributed by atoms with Gasteiger partial charge in [0.2, 0.25) is 5.91 Å². The van der Waals surface area contributed by atoms with Crippen molar-refractivity contribution in [2.45, 2.75) is 25.8 Å². The van der Waals surface area contributed by atoms with Gasteiger partial charge in [-0.3, -0.25) is 9.59 Å². The van der Waals surface area contributed by atoms with Crippen molar-refractivity contribution in [2.75, 3.05) is 26.7 Å². The Morgan fingerprint density at radius 1 is 1.25 bits per heavy atom. The van der Waals surface area contributed by atoms with Crippen LogP contribution in [-0.2, 0) is 9.59 Å². The van der Waals surface area contributed by atoms with Crippen LogP contribution in [0.3, 0.4) is 0 Å². The van der Waals surface area contributed by atoms with Crippen LogP contribution in [0.15, 0.2) is 0 Å². The molecule has 0 aromatic carbocycles. The average Bonchev–Trinajstić information content (AvgIpc) is 3.03. The molecular formula is C13H21N3O4. The molecule has 7 nitrogen and oxygen atoms in total. The highest BCUT2D eigenvalue weighted by Crippen LogP contribution is 2.26. The number of amides is 3. The van der Waals surface area contributed by atoms with Gasteiger partial charge in [-0.05, 0) is 18.8 Å². The second kappa shape index (κ2) is 5.68. The SMILES string of the molecule is CNC(=O)C1CCCN1C(=O)N1C[C@@H](C)[C@H](C(=O)O)C1. The molecule has 2 saturated heterocycles. The van der Waals surface area contributed by atoms with E-state index < -0.39 is 17.9 Å². The van der Waals surface area contributed by atoms with Gasteiger partial charge < -0.3 is 20.2 Å². The molecular weight excluding hydrogens is 262 g/mol. The Bertz CT molecular complexity index is 426. The van der Waals surface area contributed by atoms with Crippen molar-refractivity contribution in [2.24, 2.45) is 11.8 Å². The second-order valence-corrected chi connectivity index (χ2v) is 5.58. The minimum Gasteiger partial charge on any atom is -0.481 e. The van der Waals surface area contributed by atoms with Gasteiger partial charge in [-0.2, -0.15) is 0 Å².